The Balaban J connectivity index is 2.22. The number of aliphatic hydroxyl groups is 1. The number of anilines is 1. The minimum absolute atomic E-state index is 0.0394. The lowest BCUT2D eigenvalue weighted by Crippen LogP contribution is -2.21. The second-order valence-electron chi connectivity index (χ2n) is 6.48. The summed E-state index contributed by atoms with van der Waals surface area (Å²) < 4.78 is 0. The van der Waals surface area contributed by atoms with Crippen molar-refractivity contribution in [1.29, 1.82) is 0 Å². The molecular weight excluding hydrogens is 358 g/mol. The fourth-order valence-electron chi connectivity index (χ4n) is 3.37. The van der Waals surface area contributed by atoms with Crippen LogP contribution in [0.15, 0.2) is 42.2 Å². The van der Waals surface area contributed by atoms with Crippen LogP contribution in [0, 0.1) is 0 Å². The molecule has 0 heterocycles. The Labute approximate surface area is 162 Å². The molecule has 6 heteroatoms. The number of aliphatic hydroxyl groups excluding tert-OH is 1. The van der Waals surface area contributed by atoms with Crippen LogP contribution in [0.1, 0.15) is 19.4 Å². The van der Waals surface area contributed by atoms with Crippen molar-refractivity contribution in [2.24, 2.45) is 0 Å². The zero-order valence-electron chi connectivity index (χ0n) is 15.7. The van der Waals surface area contributed by atoms with Gasteiger partial charge in [0.2, 0.25) is 11.6 Å². The Kier molecular flexibility index (Phi) is 4.96. The first-order valence-corrected chi connectivity index (χ1v) is 8.93. The van der Waals surface area contributed by atoms with Gasteiger partial charge in [-0.05, 0) is 43.3 Å². The number of hydrogen-bond acceptors (Lipinski definition) is 6. The minimum atomic E-state index is -0.938. The average Bonchev–Trinajstić information content (AvgIpc) is 2.86. The molecule has 0 unspecified atom stereocenters. The molecule has 2 aromatic rings. The van der Waals surface area contributed by atoms with Gasteiger partial charge in [0.25, 0.3) is 0 Å². The molecule has 0 fully saturated rings. The van der Waals surface area contributed by atoms with Crippen molar-refractivity contribution in [2.75, 3.05) is 18.0 Å². The van der Waals surface area contributed by atoms with Crippen molar-refractivity contribution in [2.45, 2.75) is 13.8 Å². The highest BCUT2D eigenvalue weighted by Gasteiger charge is 2.39. The number of carbonyl (C=O) groups excluding carboxylic acids is 2. The van der Waals surface area contributed by atoms with Crippen LogP contribution < -0.4 is 15.3 Å². The number of aromatic hydroxyl groups is 2. The molecule has 0 radical (unpaired) electrons. The molecule has 0 bridgehead atoms. The van der Waals surface area contributed by atoms with Gasteiger partial charge in [-0.3, -0.25) is 9.59 Å². The molecule has 0 spiro atoms. The topological polar surface area (TPSA) is 98.1 Å². The van der Waals surface area contributed by atoms with E-state index in [1.807, 2.05) is 18.7 Å². The molecular formula is C22H21NO5. The number of nitrogens with zero attached hydrogens (tertiary/aromatic N) is 1. The summed E-state index contributed by atoms with van der Waals surface area (Å²) >= 11 is 0. The molecule has 3 rings (SSSR count). The number of hydrogen-bond donors (Lipinski definition) is 3. The van der Waals surface area contributed by atoms with Crippen LogP contribution in [0.3, 0.4) is 0 Å². The first kappa shape index (κ1) is 19.2. The largest absolute Gasteiger partial charge is 0.507 e. The van der Waals surface area contributed by atoms with Gasteiger partial charge >= 0.3 is 0 Å². The van der Waals surface area contributed by atoms with E-state index < -0.39 is 17.3 Å². The third-order valence-corrected chi connectivity index (χ3v) is 4.84. The predicted octanol–water partition coefficient (Wildman–Crippen LogP) is 1.63. The average molecular weight is 379 g/mol. The van der Waals surface area contributed by atoms with E-state index in [1.54, 1.807) is 12.1 Å². The van der Waals surface area contributed by atoms with Gasteiger partial charge in [0.1, 0.15) is 17.3 Å². The molecule has 28 heavy (non-hydrogen) atoms. The van der Waals surface area contributed by atoms with Gasteiger partial charge < -0.3 is 20.2 Å². The Hall–Kier alpha value is -3.54. The summed E-state index contributed by atoms with van der Waals surface area (Å²) in [4.78, 5) is 27.1. The van der Waals surface area contributed by atoms with Gasteiger partial charge in [0, 0.05) is 35.6 Å². The number of benzene rings is 2. The molecule has 144 valence electrons. The van der Waals surface area contributed by atoms with Crippen molar-refractivity contribution >= 4 is 35.0 Å². The summed E-state index contributed by atoms with van der Waals surface area (Å²) in [5.74, 6) is -2.92. The Morgan fingerprint density at radius 3 is 2.07 bits per heavy atom. The highest BCUT2D eigenvalue weighted by molar-refractivity contribution is 6.70. The summed E-state index contributed by atoms with van der Waals surface area (Å²) in [5.41, 5.74) is 0.262. The van der Waals surface area contributed by atoms with Crippen LogP contribution in [0.5, 0.6) is 11.5 Å². The maximum absolute atomic E-state index is 12.6. The van der Waals surface area contributed by atoms with E-state index >= 15 is 0 Å². The standard InChI is InChI=1S/C22H21NO5/c1-4-23(5-2)13-7-9-15(17(25)11-13)19-20(26)18(21(27)22(19)28)14-8-6-12(3)10-16(14)24/h6-11,24-26H,3-5H2,1-2H3/b18-14+. The molecule has 1 aliphatic carbocycles. The predicted molar refractivity (Wildman–Crippen MR) is 108 cm³/mol. The van der Waals surface area contributed by atoms with Gasteiger partial charge in [0.05, 0.1) is 11.1 Å². The van der Waals surface area contributed by atoms with E-state index in [4.69, 9.17) is 0 Å². The fourth-order valence-corrected chi connectivity index (χ4v) is 3.37. The van der Waals surface area contributed by atoms with E-state index in [9.17, 15) is 24.9 Å². The first-order chi connectivity index (χ1) is 13.3. The highest BCUT2D eigenvalue weighted by Crippen LogP contribution is 2.37. The van der Waals surface area contributed by atoms with E-state index in [2.05, 4.69) is 6.58 Å². The second kappa shape index (κ2) is 7.23. The summed E-state index contributed by atoms with van der Waals surface area (Å²) in [6.07, 6.45) is 0. The van der Waals surface area contributed by atoms with E-state index in [0.717, 1.165) is 18.8 Å². The molecule has 0 atom stereocenters. The zero-order chi connectivity index (χ0) is 20.6. The Morgan fingerprint density at radius 2 is 1.50 bits per heavy atom. The van der Waals surface area contributed by atoms with Crippen molar-refractivity contribution < 1.29 is 24.9 Å². The molecule has 0 amide bonds. The molecule has 0 aliphatic heterocycles. The number of phenolic OH excluding ortho intramolecular Hbond substituents is 2. The van der Waals surface area contributed by atoms with E-state index in [-0.39, 0.29) is 33.4 Å². The minimum Gasteiger partial charge on any atom is -0.507 e. The van der Waals surface area contributed by atoms with Gasteiger partial charge in [-0.1, -0.05) is 12.6 Å². The van der Waals surface area contributed by atoms with Crippen molar-refractivity contribution in [3.05, 3.63) is 58.2 Å². The smallest absolute Gasteiger partial charge is 0.238 e. The van der Waals surface area contributed by atoms with Gasteiger partial charge in [-0.25, -0.2) is 0 Å². The van der Waals surface area contributed by atoms with Crippen LogP contribution in [0.2, 0.25) is 0 Å². The zero-order valence-corrected chi connectivity index (χ0v) is 15.7. The summed E-state index contributed by atoms with van der Waals surface area (Å²) in [6, 6.07) is 9.02. The van der Waals surface area contributed by atoms with Crippen LogP contribution >= 0.6 is 0 Å². The fraction of sp³-hybridized carbons (Fsp3) is 0.182. The lowest BCUT2D eigenvalue weighted by atomic mass is 10.0. The van der Waals surface area contributed by atoms with Gasteiger partial charge in [0.15, 0.2) is 0 Å². The van der Waals surface area contributed by atoms with Crippen molar-refractivity contribution in [3.63, 3.8) is 0 Å². The maximum atomic E-state index is 12.6. The molecule has 0 aromatic heterocycles. The van der Waals surface area contributed by atoms with Crippen LogP contribution in [-0.4, -0.2) is 40.0 Å². The number of ketones is 2. The number of rotatable bonds is 4. The SMILES string of the molecule is C=c1cc/c(=C2\C(=O)C(=O)C(c3ccc(N(CC)CC)cc3O)=C2O)c(O)c1. The van der Waals surface area contributed by atoms with Crippen LogP contribution in [0.25, 0.3) is 17.7 Å². The van der Waals surface area contributed by atoms with Crippen molar-refractivity contribution in [1.82, 2.24) is 0 Å². The second-order valence-corrected chi connectivity index (χ2v) is 6.48. The molecule has 0 saturated heterocycles. The van der Waals surface area contributed by atoms with Gasteiger partial charge in [-0.2, -0.15) is 0 Å². The number of allylic oxidation sites excluding steroid dienone is 2. The van der Waals surface area contributed by atoms with Gasteiger partial charge in [-0.15, -0.1) is 0 Å². The molecule has 3 N–H and O–H groups in total. The Bertz CT molecular complexity index is 1130. The Morgan fingerprint density at radius 1 is 0.857 bits per heavy atom. The number of Topliss-reactive ketones (excluding diaryl/α,β-unsaturated/α-hetero) is 2. The van der Waals surface area contributed by atoms with Crippen molar-refractivity contribution in [3.8, 4) is 11.5 Å². The summed E-state index contributed by atoms with van der Waals surface area (Å²) in [6.45, 7) is 9.11. The van der Waals surface area contributed by atoms with E-state index in [0.29, 0.717) is 5.22 Å². The monoisotopic (exact) mass is 379 g/mol. The maximum Gasteiger partial charge on any atom is 0.238 e. The summed E-state index contributed by atoms with van der Waals surface area (Å²) in [7, 11) is 0. The van der Waals surface area contributed by atoms with Crippen LogP contribution in [-0.2, 0) is 9.59 Å². The first-order valence-electron chi connectivity index (χ1n) is 8.93. The molecule has 2 aromatic carbocycles. The highest BCUT2D eigenvalue weighted by atomic mass is 16.3. The third kappa shape index (κ3) is 3.03. The molecule has 6 nitrogen and oxygen atoms in total. The number of phenols is 2. The molecule has 0 saturated carbocycles. The summed E-state index contributed by atoms with van der Waals surface area (Å²) in [5, 5.41) is 31.8. The quantitative estimate of drug-likeness (QED) is 0.699. The lowest BCUT2D eigenvalue weighted by molar-refractivity contribution is -0.129. The van der Waals surface area contributed by atoms with E-state index in [1.165, 1.54) is 24.3 Å². The van der Waals surface area contributed by atoms with Crippen LogP contribution in [0.4, 0.5) is 5.69 Å². The number of carbonyl (C=O) groups is 2. The lowest BCUT2D eigenvalue weighted by Gasteiger charge is -2.21. The normalized spacial score (nSPS) is 16.1. The molecule has 1 aliphatic rings. The third-order valence-electron chi connectivity index (χ3n) is 4.84.